The van der Waals surface area contributed by atoms with Gasteiger partial charge in [0.25, 0.3) is 11.6 Å². The van der Waals surface area contributed by atoms with E-state index in [1.807, 2.05) is 42.5 Å². The van der Waals surface area contributed by atoms with Crippen LogP contribution in [0.5, 0.6) is 0 Å². The predicted molar refractivity (Wildman–Crippen MR) is 124 cm³/mol. The number of hydrogen-bond donors (Lipinski definition) is 2. The van der Waals surface area contributed by atoms with E-state index in [4.69, 9.17) is 10.6 Å². The van der Waals surface area contributed by atoms with E-state index in [1.165, 1.54) is 29.3 Å². The van der Waals surface area contributed by atoms with Crippen LogP contribution >= 0.6 is 0 Å². The van der Waals surface area contributed by atoms with Crippen molar-refractivity contribution >= 4 is 34.3 Å². The van der Waals surface area contributed by atoms with Gasteiger partial charge in [-0.2, -0.15) is 10.1 Å². The normalized spacial score (nSPS) is 15.0. The van der Waals surface area contributed by atoms with Gasteiger partial charge >= 0.3 is 0 Å². The van der Waals surface area contributed by atoms with Crippen molar-refractivity contribution in [3.05, 3.63) is 88.0 Å². The Bertz CT molecular complexity index is 1280. The van der Waals surface area contributed by atoms with Gasteiger partial charge in [0, 0.05) is 17.7 Å². The van der Waals surface area contributed by atoms with Gasteiger partial charge in [-0.15, -0.1) is 0 Å². The monoisotopic (exact) mass is 446 g/mol. The van der Waals surface area contributed by atoms with Crippen LogP contribution in [0.25, 0.3) is 10.8 Å². The minimum Gasteiger partial charge on any atom is -0.368 e. The molecule has 1 aliphatic heterocycles. The average Bonchev–Trinajstić information content (AvgIpc) is 2.78. The van der Waals surface area contributed by atoms with E-state index >= 15 is 0 Å². The van der Waals surface area contributed by atoms with Crippen molar-refractivity contribution < 1.29 is 14.6 Å². The molecular formula is C23H22N6O4. The number of fused-ring (bicyclic) bond motifs is 1. The summed E-state index contributed by atoms with van der Waals surface area (Å²) in [6.07, 6.45) is 0. The van der Waals surface area contributed by atoms with Crippen LogP contribution < -0.4 is 11.1 Å². The summed E-state index contributed by atoms with van der Waals surface area (Å²) in [5.74, 6) is -0.456. The lowest BCUT2D eigenvalue weighted by Crippen LogP contribution is -2.54. The second-order valence-corrected chi connectivity index (χ2v) is 7.91. The number of hydrogen-bond acceptors (Lipinski definition) is 8. The standard InChI is InChI=1S/C23H22N6O4/c1-23(2)27-22(25-20(30)17-9-11-19(12-10-17)29(31)32)26-21(24)28(23)33-14-15-7-8-16-5-3-4-6-18(16)13-15/h3-13H,14H2,1-2H3,(H3,24,25,26,27,30). The number of hydroxylamine groups is 2. The lowest BCUT2D eigenvalue weighted by molar-refractivity contribution is -0.384. The molecule has 0 aliphatic carbocycles. The maximum atomic E-state index is 12.5. The SMILES string of the molecule is CC1(C)N=C(NC(=O)c2ccc([N+](=O)[O-])cc2)N=C(N)N1OCc1ccc2ccccc2c1. The van der Waals surface area contributed by atoms with Crippen LogP contribution in [0.3, 0.4) is 0 Å². The fourth-order valence-electron chi connectivity index (χ4n) is 3.42. The van der Waals surface area contributed by atoms with Gasteiger partial charge in [-0.3, -0.25) is 25.1 Å². The second-order valence-electron chi connectivity index (χ2n) is 7.91. The molecule has 4 rings (SSSR count). The van der Waals surface area contributed by atoms with E-state index < -0.39 is 16.5 Å². The molecule has 3 N–H and O–H groups in total. The summed E-state index contributed by atoms with van der Waals surface area (Å²) in [4.78, 5) is 37.2. The molecule has 0 saturated heterocycles. The third-order valence-electron chi connectivity index (χ3n) is 5.04. The number of nitro groups is 1. The van der Waals surface area contributed by atoms with Crippen molar-refractivity contribution in [3.63, 3.8) is 0 Å². The van der Waals surface area contributed by atoms with Crippen molar-refractivity contribution in [3.8, 4) is 0 Å². The summed E-state index contributed by atoms with van der Waals surface area (Å²) < 4.78 is 0. The Balaban J connectivity index is 1.44. The topological polar surface area (TPSA) is 135 Å². The van der Waals surface area contributed by atoms with Crippen molar-refractivity contribution in [1.29, 1.82) is 0 Å². The number of rotatable bonds is 5. The first-order valence-corrected chi connectivity index (χ1v) is 10.1. The number of nitro benzene ring substituents is 1. The summed E-state index contributed by atoms with van der Waals surface area (Å²) in [5, 5.41) is 17.0. The molecule has 1 amide bonds. The number of benzene rings is 3. The Morgan fingerprint density at radius 2 is 1.82 bits per heavy atom. The molecule has 10 nitrogen and oxygen atoms in total. The lowest BCUT2D eigenvalue weighted by atomic mass is 10.1. The zero-order valence-corrected chi connectivity index (χ0v) is 18.1. The van der Waals surface area contributed by atoms with Crippen molar-refractivity contribution in [2.45, 2.75) is 26.1 Å². The molecule has 10 heteroatoms. The Kier molecular flexibility index (Phi) is 5.76. The highest BCUT2D eigenvalue weighted by atomic mass is 16.7. The third-order valence-corrected chi connectivity index (χ3v) is 5.04. The number of non-ortho nitro benzene ring substituents is 1. The van der Waals surface area contributed by atoms with E-state index in [2.05, 4.69) is 15.3 Å². The van der Waals surface area contributed by atoms with Gasteiger partial charge in [0.05, 0.1) is 4.92 Å². The van der Waals surface area contributed by atoms with Crippen LogP contribution in [-0.4, -0.2) is 33.5 Å². The maximum absolute atomic E-state index is 12.5. The van der Waals surface area contributed by atoms with Gasteiger partial charge in [-0.25, -0.2) is 4.99 Å². The Morgan fingerprint density at radius 1 is 1.12 bits per heavy atom. The number of aliphatic imine (C=N–C) groups is 2. The van der Waals surface area contributed by atoms with Crippen LogP contribution in [0.2, 0.25) is 0 Å². The number of nitrogens with two attached hydrogens (primary N) is 1. The van der Waals surface area contributed by atoms with Crippen molar-refractivity contribution in [2.24, 2.45) is 15.7 Å². The quantitative estimate of drug-likeness (QED) is 0.456. The number of amides is 1. The molecule has 0 aromatic heterocycles. The van der Waals surface area contributed by atoms with E-state index in [9.17, 15) is 14.9 Å². The molecule has 0 fully saturated rings. The molecule has 33 heavy (non-hydrogen) atoms. The molecule has 0 unspecified atom stereocenters. The first kappa shape index (κ1) is 21.9. The first-order valence-electron chi connectivity index (χ1n) is 10.1. The van der Waals surface area contributed by atoms with Crippen LogP contribution in [0.4, 0.5) is 5.69 Å². The minimum atomic E-state index is -0.944. The summed E-state index contributed by atoms with van der Waals surface area (Å²) in [6, 6.07) is 19.3. The van der Waals surface area contributed by atoms with Crippen LogP contribution in [0.1, 0.15) is 29.8 Å². The summed E-state index contributed by atoms with van der Waals surface area (Å²) in [5.41, 5.74) is 6.24. The smallest absolute Gasteiger partial charge is 0.269 e. The fraction of sp³-hybridized carbons (Fsp3) is 0.174. The zero-order valence-electron chi connectivity index (χ0n) is 18.1. The van der Waals surface area contributed by atoms with E-state index in [0.717, 1.165) is 16.3 Å². The second kappa shape index (κ2) is 8.67. The van der Waals surface area contributed by atoms with E-state index in [0.29, 0.717) is 0 Å². The molecular weight excluding hydrogens is 424 g/mol. The Morgan fingerprint density at radius 3 is 2.48 bits per heavy atom. The first-order chi connectivity index (χ1) is 15.7. The summed E-state index contributed by atoms with van der Waals surface area (Å²) >= 11 is 0. The van der Waals surface area contributed by atoms with Gasteiger partial charge in [0.2, 0.25) is 11.9 Å². The highest BCUT2D eigenvalue weighted by Gasteiger charge is 2.34. The average molecular weight is 446 g/mol. The molecule has 3 aromatic rings. The predicted octanol–water partition coefficient (Wildman–Crippen LogP) is 3.33. The maximum Gasteiger partial charge on any atom is 0.269 e. The molecule has 1 heterocycles. The minimum absolute atomic E-state index is 0.0198. The number of nitrogens with zero attached hydrogens (tertiary/aromatic N) is 4. The zero-order chi connectivity index (χ0) is 23.6. The Hall–Kier alpha value is -4.31. The number of guanidine groups is 2. The highest BCUT2D eigenvalue weighted by Crippen LogP contribution is 2.23. The molecule has 0 bridgehead atoms. The van der Waals surface area contributed by atoms with E-state index in [-0.39, 0.29) is 29.8 Å². The molecule has 0 saturated carbocycles. The van der Waals surface area contributed by atoms with Gasteiger partial charge in [0.1, 0.15) is 6.61 Å². The summed E-state index contributed by atoms with van der Waals surface area (Å²) in [7, 11) is 0. The lowest BCUT2D eigenvalue weighted by Gasteiger charge is -2.37. The fourth-order valence-corrected chi connectivity index (χ4v) is 3.42. The molecule has 1 aliphatic rings. The molecule has 0 radical (unpaired) electrons. The van der Waals surface area contributed by atoms with Gasteiger partial charge < -0.3 is 5.73 Å². The highest BCUT2D eigenvalue weighted by molar-refractivity contribution is 6.09. The number of carbonyl (C=O) groups is 1. The van der Waals surface area contributed by atoms with Crippen LogP contribution in [0, 0.1) is 10.1 Å². The van der Waals surface area contributed by atoms with Crippen LogP contribution in [0.15, 0.2) is 76.7 Å². The number of carbonyl (C=O) groups excluding carboxylic acids is 1. The van der Waals surface area contributed by atoms with Crippen LogP contribution in [-0.2, 0) is 11.4 Å². The largest absolute Gasteiger partial charge is 0.368 e. The summed E-state index contributed by atoms with van der Waals surface area (Å²) in [6.45, 7) is 3.80. The van der Waals surface area contributed by atoms with Gasteiger partial charge in [0.15, 0.2) is 5.66 Å². The van der Waals surface area contributed by atoms with Gasteiger partial charge in [-0.05, 0) is 48.4 Å². The van der Waals surface area contributed by atoms with Crippen molar-refractivity contribution in [2.75, 3.05) is 0 Å². The third kappa shape index (κ3) is 4.80. The molecule has 3 aromatic carbocycles. The van der Waals surface area contributed by atoms with E-state index in [1.54, 1.807) is 13.8 Å². The van der Waals surface area contributed by atoms with Gasteiger partial charge in [-0.1, -0.05) is 36.4 Å². The molecule has 168 valence electrons. The molecule has 0 spiro atoms. The molecule has 0 atom stereocenters. The van der Waals surface area contributed by atoms with Crippen molar-refractivity contribution in [1.82, 2.24) is 10.4 Å². The number of nitrogens with one attached hydrogen (secondary N) is 1. The Labute approximate surface area is 189 Å².